The monoisotopic (exact) mass is 478 g/mol. The maximum Gasteiger partial charge on any atom is 0.332 e. The first-order valence-corrected chi connectivity index (χ1v) is 11.5. The van der Waals surface area contributed by atoms with Crippen molar-refractivity contribution in [1.29, 1.82) is 0 Å². The normalized spacial score (nSPS) is 12.9. The number of rotatable bonds is 10. The van der Waals surface area contributed by atoms with Crippen molar-refractivity contribution in [3.05, 3.63) is 70.8 Å². The van der Waals surface area contributed by atoms with Gasteiger partial charge in [0.05, 0.1) is 31.7 Å². The van der Waals surface area contributed by atoms with E-state index in [4.69, 9.17) is 18.9 Å². The Bertz CT molecular complexity index is 1260. The first kappa shape index (κ1) is 24.2. The largest absolute Gasteiger partial charge is 0.497 e. The summed E-state index contributed by atoms with van der Waals surface area (Å²) in [6, 6.07) is 10.9. The van der Waals surface area contributed by atoms with Crippen LogP contribution in [0.25, 0.3) is 5.57 Å². The molecule has 1 aliphatic heterocycles. The summed E-state index contributed by atoms with van der Waals surface area (Å²) in [4.78, 5) is 17.3. The third-order valence-electron chi connectivity index (χ3n) is 6.15. The fourth-order valence-electron chi connectivity index (χ4n) is 4.23. The van der Waals surface area contributed by atoms with Gasteiger partial charge in [0.15, 0.2) is 11.5 Å². The molecule has 4 rings (SSSR count). The van der Waals surface area contributed by atoms with Crippen LogP contribution in [0.15, 0.2) is 48.2 Å². The average molecular weight is 479 g/mol. The second-order valence-corrected chi connectivity index (χ2v) is 8.31. The Morgan fingerprint density at radius 1 is 1.11 bits per heavy atom. The van der Waals surface area contributed by atoms with Crippen molar-refractivity contribution in [2.75, 3.05) is 21.0 Å². The van der Waals surface area contributed by atoms with Gasteiger partial charge in [-0.25, -0.2) is 9.78 Å². The van der Waals surface area contributed by atoms with E-state index in [2.05, 4.69) is 11.9 Å². The molecule has 1 aromatic heterocycles. The zero-order chi connectivity index (χ0) is 24.9. The predicted molar refractivity (Wildman–Crippen MR) is 131 cm³/mol. The van der Waals surface area contributed by atoms with Crippen molar-refractivity contribution in [2.45, 2.75) is 32.6 Å². The van der Waals surface area contributed by atoms with Crippen LogP contribution in [0.2, 0.25) is 0 Å². The Kier molecular flexibility index (Phi) is 7.29. The third-order valence-corrected chi connectivity index (χ3v) is 6.15. The number of unbranched alkanes of at least 4 members (excludes halogenated alkanes) is 1. The second-order valence-electron chi connectivity index (χ2n) is 8.31. The SMILES string of the molecule is CCCCc1ncc(C(=C(Cc2ccc3c(c2)OCO3)C(=O)O)c2ccc(OC)cc2OC)n1C. The summed E-state index contributed by atoms with van der Waals surface area (Å²) in [6.45, 7) is 2.29. The minimum atomic E-state index is -1.02. The van der Waals surface area contributed by atoms with Crippen LogP contribution in [0.1, 0.15) is 42.4 Å². The fraction of sp³-hybridized carbons (Fsp3) is 0.333. The van der Waals surface area contributed by atoms with E-state index < -0.39 is 5.97 Å². The number of carboxylic acids is 1. The summed E-state index contributed by atoms with van der Waals surface area (Å²) in [5.74, 6) is 2.27. The highest BCUT2D eigenvalue weighted by Gasteiger charge is 2.25. The van der Waals surface area contributed by atoms with Crippen LogP contribution in [-0.4, -0.2) is 41.6 Å². The first-order valence-electron chi connectivity index (χ1n) is 11.5. The van der Waals surface area contributed by atoms with E-state index in [0.717, 1.165) is 30.7 Å². The summed E-state index contributed by atoms with van der Waals surface area (Å²) in [5, 5.41) is 10.4. The average Bonchev–Trinajstić information content (AvgIpc) is 3.48. The number of aliphatic carboxylic acids is 1. The number of hydrogen-bond donors (Lipinski definition) is 1. The zero-order valence-electron chi connectivity index (χ0n) is 20.5. The van der Waals surface area contributed by atoms with Gasteiger partial charge in [0.25, 0.3) is 0 Å². The molecule has 0 spiro atoms. The van der Waals surface area contributed by atoms with Gasteiger partial charge in [0, 0.05) is 37.1 Å². The molecule has 8 nitrogen and oxygen atoms in total. The molecule has 184 valence electrons. The maximum atomic E-state index is 12.7. The van der Waals surface area contributed by atoms with Gasteiger partial charge in [-0.1, -0.05) is 19.4 Å². The molecule has 1 N–H and O–H groups in total. The van der Waals surface area contributed by atoms with E-state index in [1.807, 2.05) is 29.8 Å². The van der Waals surface area contributed by atoms with Gasteiger partial charge in [-0.2, -0.15) is 0 Å². The molecule has 0 saturated heterocycles. The zero-order valence-corrected chi connectivity index (χ0v) is 20.5. The molecule has 0 saturated carbocycles. The molecule has 2 heterocycles. The number of methoxy groups -OCH3 is 2. The highest BCUT2D eigenvalue weighted by Crippen LogP contribution is 2.38. The minimum absolute atomic E-state index is 0.157. The number of aromatic nitrogens is 2. The number of nitrogens with zero attached hydrogens (tertiary/aromatic N) is 2. The van der Waals surface area contributed by atoms with Gasteiger partial charge in [-0.05, 0) is 36.2 Å². The summed E-state index contributed by atoms with van der Waals surface area (Å²) >= 11 is 0. The molecule has 35 heavy (non-hydrogen) atoms. The van der Waals surface area contributed by atoms with E-state index in [0.29, 0.717) is 39.8 Å². The molecule has 0 amide bonds. The number of fused-ring (bicyclic) bond motifs is 1. The molecule has 1 aliphatic rings. The molecule has 0 unspecified atom stereocenters. The van der Waals surface area contributed by atoms with Gasteiger partial charge < -0.3 is 28.6 Å². The van der Waals surface area contributed by atoms with Gasteiger partial charge in [-0.3, -0.25) is 0 Å². The summed E-state index contributed by atoms with van der Waals surface area (Å²) in [5.41, 5.74) is 2.92. The minimum Gasteiger partial charge on any atom is -0.497 e. The number of ether oxygens (including phenoxy) is 4. The van der Waals surface area contributed by atoms with Crippen molar-refractivity contribution in [3.63, 3.8) is 0 Å². The van der Waals surface area contributed by atoms with E-state index in [1.165, 1.54) is 0 Å². The van der Waals surface area contributed by atoms with E-state index in [9.17, 15) is 9.90 Å². The van der Waals surface area contributed by atoms with Crippen LogP contribution in [0.4, 0.5) is 0 Å². The Morgan fingerprint density at radius 3 is 2.63 bits per heavy atom. The van der Waals surface area contributed by atoms with Crippen LogP contribution in [0.5, 0.6) is 23.0 Å². The predicted octanol–water partition coefficient (Wildman–Crippen LogP) is 4.64. The Morgan fingerprint density at radius 2 is 1.91 bits per heavy atom. The van der Waals surface area contributed by atoms with Gasteiger partial charge >= 0.3 is 5.97 Å². The number of carbonyl (C=O) groups is 1. The molecular weight excluding hydrogens is 448 g/mol. The molecular formula is C27H30N2O6. The lowest BCUT2D eigenvalue weighted by Crippen LogP contribution is -2.12. The first-order chi connectivity index (χ1) is 17.0. The van der Waals surface area contributed by atoms with Gasteiger partial charge in [-0.15, -0.1) is 0 Å². The fourth-order valence-corrected chi connectivity index (χ4v) is 4.23. The highest BCUT2D eigenvalue weighted by molar-refractivity contribution is 6.01. The Hall–Kier alpha value is -3.94. The molecule has 0 bridgehead atoms. The Labute approximate surface area is 204 Å². The smallest absolute Gasteiger partial charge is 0.332 e. The second kappa shape index (κ2) is 10.5. The third kappa shape index (κ3) is 4.96. The summed E-state index contributed by atoms with van der Waals surface area (Å²) < 4.78 is 23.9. The van der Waals surface area contributed by atoms with E-state index in [-0.39, 0.29) is 18.8 Å². The standard InChI is InChI=1S/C27H30N2O6/c1-5-6-7-25-28-15-21(29(25)2)26(19-10-9-18(32-3)14-23(19)33-4)20(27(30)31)12-17-8-11-22-24(13-17)35-16-34-22/h8-11,13-15H,5-7,12,16H2,1-4H3,(H,30,31). The lowest BCUT2D eigenvalue weighted by Gasteiger charge is -2.18. The molecule has 8 heteroatoms. The van der Waals surface area contributed by atoms with Crippen LogP contribution in [-0.2, 0) is 24.7 Å². The van der Waals surface area contributed by atoms with E-state index >= 15 is 0 Å². The highest BCUT2D eigenvalue weighted by atomic mass is 16.7. The Balaban J connectivity index is 1.91. The van der Waals surface area contributed by atoms with Gasteiger partial charge in [0.1, 0.15) is 17.3 Å². The number of carboxylic acid groups (broad SMARTS) is 1. The maximum absolute atomic E-state index is 12.7. The quantitative estimate of drug-likeness (QED) is 0.425. The van der Waals surface area contributed by atoms with Crippen molar-refractivity contribution in [1.82, 2.24) is 9.55 Å². The van der Waals surface area contributed by atoms with Crippen molar-refractivity contribution in [3.8, 4) is 23.0 Å². The number of imidazole rings is 1. The van der Waals surface area contributed by atoms with Crippen molar-refractivity contribution >= 4 is 11.5 Å². The molecule has 3 aromatic rings. The van der Waals surface area contributed by atoms with Crippen molar-refractivity contribution < 1.29 is 28.8 Å². The summed E-state index contributed by atoms with van der Waals surface area (Å²) in [6.07, 6.45) is 4.77. The molecule has 0 fully saturated rings. The lowest BCUT2D eigenvalue weighted by molar-refractivity contribution is -0.132. The van der Waals surface area contributed by atoms with Gasteiger partial charge in [0.2, 0.25) is 6.79 Å². The van der Waals surface area contributed by atoms with Crippen molar-refractivity contribution in [2.24, 2.45) is 7.05 Å². The molecule has 0 radical (unpaired) electrons. The van der Waals surface area contributed by atoms with E-state index in [1.54, 1.807) is 38.6 Å². The number of aryl methyl sites for hydroxylation is 1. The molecule has 0 aliphatic carbocycles. The van der Waals surface area contributed by atoms with Crippen LogP contribution in [0.3, 0.4) is 0 Å². The number of hydrogen-bond acceptors (Lipinski definition) is 6. The number of benzene rings is 2. The summed E-state index contributed by atoms with van der Waals surface area (Å²) in [7, 11) is 5.06. The van der Waals surface area contributed by atoms with Crippen LogP contribution in [0, 0.1) is 0 Å². The lowest BCUT2D eigenvalue weighted by atomic mass is 9.92. The van der Waals surface area contributed by atoms with Crippen LogP contribution >= 0.6 is 0 Å². The topological polar surface area (TPSA) is 92.0 Å². The molecule has 0 atom stereocenters. The van der Waals surface area contributed by atoms with Crippen LogP contribution < -0.4 is 18.9 Å². The molecule has 2 aromatic carbocycles.